The Hall–Kier alpha value is -1.09. The second-order valence-electron chi connectivity index (χ2n) is 7.40. The van der Waals surface area contributed by atoms with Gasteiger partial charge in [0.05, 0.1) is 14.2 Å². The maximum atomic E-state index is 11.4. The zero-order valence-corrected chi connectivity index (χ0v) is 22.6. The first kappa shape index (κ1) is 40.3. The molecular weight excluding hydrogens is 440 g/mol. The molecule has 0 spiro atoms. The van der Waals surface area contributed by atoms with Crippen LogP contribution in [0.3, 0.4) is 0 Å². The summed E-state index contributed by atoms with van der Waals surface area (Å²) in [6.07, 6.45) is 1.25. The van der Waals surface area contributed by atoms with Crippen molar-refractivity contribution in [3.05, 3.63) is 0 Å². The molecule has 0 bridgehead atoms. The van der Waals surface area contributed by atoms with E-state index in [1.54, 1.807) is 13.8 Å². The zero-order valence-electron chi connectivity index (χ0n) is 21.0. The molecule has 0 aromatic heterocycles. The Morgan fingerprint density at radius 3 is 0.968 bits per heavy atom. The first-order chi connectivity index (χ1) is 13.7. The maximum Gasteiger partial charge on any atom is 2.00 e. The van der Waals surface area contributed by atoms with Crippen molar-refractivity contribution >= 4 is 23.5 Å². The number of carbonyl (C=O) groups is 4. The number of ether oxygens (including phenoxy) is 2. The van der Waals surface area contributed by atoms with Crippen LogP contribution >= 0.6 is 0 Å². The molecule has 0 fully saturated rings. The third kappa shape index (κ3) is 25.1. The Kier molecular flexibility index (Phi) is 30.6. The molecule has 0 aliphatic carbocycles. The van der Waals surface area contributed by atoms with Crippen LogP contribution in [0.25, 0.3) is 0 Å². The van der Waals surface area contributed by atoms with Crippen molar-refractivity contribution in [2.24, 2.45) is 10.8 Å². The summed E-state index contributed by atoms with van der Waals surface area (Å²) in [7, 11) is 2.57. The van der Waals surface area contributed by atoms with Gasteiger partial charge in [0.15, 0.2) is 0 Å². The molecule has 0 heterocycles. The van der Waals surface area contributed by atoms with Crippen molar-refractivity contribution in [2.75, 3.05) is 27.4 Å². The molecule has 31 heavy (non-hydrogen) atoms. The van der Waals surface area contributed by atoms with Crippen molar-refractivity contribution < 1.29 is 60.6 Å². The molecule has 0 unspecified atom stereocenters. The van der Waals surface area contributed by atoms with Gasteiger partial charge in [-0.25, -0.2) is 0 Å². The molecule has 0 amide bonds. The van der Waals surface area contributed by atoms with Gasteiger partial charge in [0.25, 0.3) is 0 Å². The normalized spacial score (nSPS) is 9.68. The molecule has 0 rings (SSSR count). The molecule has 0 saturated carbocycles. The van der Waals surface area contributed by atoms with Gasteiger partial charge in [-0.15, -0.1) is 13.2 Å². The van der Waals surface area contributed by atoms with Crippen molar-refractivity contribution in [3.8, 4) is 0 Å². The number of ketones is 2. The second-order valence-corrected chi connectivity index (χ2v) is 7.40. The molecule has 0 aromatic carbocycles. The molecule has 0 aliphatic heterocycles. The molecule has 8 nitrogen and oxygen atoms in total. The molecule has 0 radical (unpaired) electrons. The molecule has 9 heteroatoms. The standard InChI is InChI=1S/2C9H16O3.2C2H5O.Ti/c2*1-5-9(2,3)7(10)6-8(11)12-4;2*1-2-3;/h2*5-6H2,1-4H3;2*2H2,1H3;/q;;2*-1;+2. The first-order valence-electron chi connectivity index (χ1n) is 10.1. The van der Waals surface area contributed by atoms with E-state index in [0.29, 0.717) is 0 Å². The minimum absolute atomic E-state index is 0. The van der Waals surface area contributed by atoms with Crippen LogP contribution in [0, 0.1) is 10.8 Å². The van der Waals surface area contributed by atoms with Crippen LogP contribution in [-0.2, 0) is 50.4 Å². The van der Waals surface area contributed by atoms with E-state index in [1.165, 1.54) is 14.2 Å². The van der Waals surface area contributed by atoms with E-state index < -0.39 is 22.8 Å². The quantitative estimate of drug-likeness (QED) is 0.291. The first-order valence-corrected chi connectivity index (χ1v) is 10.1. The van der Waals surface area contributed by atoms with Gasteiger partial charge in [0.2, 0.25) is 0 Å². The zero-order chi connectivity index (χ0) is 25.0. The SMILES string of the molecule is CCC(C)(C)C(=O)CC(=O)OC.CCC(C)(C)C(=O)CC(=O)OC.CC[O-].CC[O-].[Ti+2]. The monoisotopic (exact) mass is 482 g/mol. The van der Waals surface area contributed by atoms with E-state index in [1.807, 2.05) is 41.5 Å². The third-order valence-corrected chi connectivity index (χ3v) is 4.34. The summed E-state index contributed by atoms with van der Waals surface area (Å²) < 4.78 is 8.80. The second kappa shape index (κ2) is 23.6. The smallest absolute Gasteiger partial charge is 0.855 e. The van der Waals surface area contributed by atoms with Gasteiger partial charge in [-0.3, -0.25) is 19.2 Å². The van der Waals surface area contributed by atoms with Gasteiger partial charge >= 0.3 is 33.7 Å². The van der Waals surface area contributed by atoms with Crippen LogP contribution < -0.4 is 10.2 Å². The predicted octanol–water partition coefficient (Wildman–Crippen LogP) is 1.84. The van der Waals surface area contributed by atoms with Crippen LogP contribution in [0.15, 0.2) is 0 Å². The molecule has 0 saturated heterocycles. The average Bonchev–Trinajstić information content (AvgIpc) is 2.69. The van der Waals surface area contributed by atoms with E-state index in [2.05, 4.69) is 9.47 Å². The Morgan fingerprint density at radius 1 is 0.645 bits per heavy atom. The molecule has 0 aliphatic rings. The summed E-state index contributed by atoms with van der Waals surface area (Å²) >= 11 is 0. The molecule has 0 aromatic rings. The summed E-state index contributed by atoms with van der Waals surface area (Å²) in [6, 6.07) is 0. The number of carbonyl (C=O) groups excluding carboxylic acids is 4. The fourth-order valence-corrected chi connectivity index (χ4v) is 1.28. The Labute approximate surface area is 203 Å². The van der Waals surface area contributed by atoms with E-state index in [4.69, 9.17) is 10.2 Å². The van der Waals surface area contributed by atoms with Crippen LogP contribution in [0.5, 0.6) is 0 Å². The Bertz CT molecular complexity index is 444. The van der Waals surface area contributed by atoms with E-state index >= 15 is 0 Å². The van der Waals surface area contributed by atoms with Gasteiger partial charge in [0, 0.05) is 10.8 Å². The van der Waals surface area contributed by atoms with Crippen LogP contribution in [0.2, 0.25) is 0 Å². The maximum absolute atomic E-state index is 11.4. The van der Waals surface area contributed by atoms with Gasteiger partial charge in [-0.1, -0.05) is 55.4 Å². The van der Waals surface area contributed by atoms with Crippen molar-refractivity contribution in [3.63, 3.8) is 0 Å². The summed E-state index contributed by atoms with van der Waals surface area (Å²) in [5, 5.41) is 17.9. The third-order valence-electron chi connectivity index (χ3n) is 4.34. The number of methoxy groups -OCH3 is 2. The average molecular weight is 482 g/mol. The van der Waals surface area contributed by atoms with Gasteiger partial charge in [0.1, 0.15) is 24.4 Å². The summed E-state index contributed by atoms with van der Waals surface area (Å²) in [6.45, 7) is 14.3. The van der Waals surface area contributed by atoms with E-state index in [-0.39, 0.29) is 59.3 Å². The Morgan fingerprint density at radius 2 is 0.839 bits per heavy atom. The van der Waals surface area contributed by atoms with Gasteiger partial charge in [-0.2, -0.15) is 0 Å². The van der Waals surface area contributed by atoms with Crippen molar-refractivity contribution in [1.29, 1.82) is 0 Å². The number of rotatable bonds is 8. The van der Waals surface area contributed by atoms with Crippen molar-refractivity contribution in [2.45, 2.75) is 81.1 Å². The summed E-state index contributed by atoms with van der Waals surface area (Å²) in [4.78, 5) is 44.2. The minimum atomic E-state index is -0.457. The summed E-state index contributed by atoms with van der Waals surface area (Å²) in [5.41, 5.74) is -0.817. The van der Waals surface area contributed by atoms with Crippen LogP contribution in [0.1, 0.15) is 81.1 Å². The largest absolute Gasteiger partial charge is 2.00 e. The fraction of sp³-hybridized carbons (Fsp3) is 0.818. The van der Waals surface area contributed by atoms with Crippen molar-refractivity contribution in [1.82, 2.24) is 0 Å². The van der Waals surface area contributed by atoms with Crippen LogP contribution in [-0.4, -0.2) is 50.9 Å². The molecule has 182 valence electrons. The number of esters is 2. The molecule has 0 atom stereocenters. The fourth-order valence-electron chi connectivity index (χ4n) is 1.28. The minimum Gasteiger partial charge on any atom is -0.855 e. The van der Waals surface area contributed by atoms with Gasteiger partial charge < -0.3 is 19.7 Å². The number of Topliss-reactive ketones (excluding diaryl/α,β-unsaturated/α-hetero) is 2. The van der Waals surface area contributed by atoms with Gasteiger partial charge in [-0.05, 0) is 12.8 Å². The molecular formula is C22H42O8Ti. The Balaban J connectivity index is -0.000000113. The number of hydrogen-bond donors (Lipinski definition) is 0. The van der Waals surface area contributed by atoms with Crippen LogP contribution in [0.4, 0.5) is 0 Å². The predicted molar refractivity (Wildman–Crippen MR) is 113 cm³/mol. The number of hydrogen-bond acceptors (Lipinski definition) is 8. The van der Waals surface area contributed by atoms with E-state index in [9.17, 15) is 19.2 Å². The summed E-state index contributed by atoms with van der Waals surface area (Å²) in [5.74, 6) is -1.03. The van der Waals surface area contributed by atoms with E-state index in [0.717, 1.165) is 12.8 Å². The molecule has 0 N–H and O–H groups in total. The topological polar surface area (TPSA) is 133 Å².